The molecule has 1 fully saturated rings. The van der Waals surface area contributed by atoms with E-state index in [1.54, 1.807) is 0 Å². The Morgan fingerprint density at radius 1 is 1.62 bits per heavy atom. The summed E-state index contributed by atoms with van der Waals surface area (Å²) in [7, 11) is 0. The number of hydrogen-bond acceptors (Lipinski definition) is 2. The van der Waals surface area contributed by atoms with E-state index in [0.717, 1.165) is 13.0 Å². The molecule has 2 heterocycles. The van der Waals surface area contributed by atoms with E-state index in [0.29, 0.717) is 6.04 Å². The van der Waals surface area contributed by atoms with E-state index in [1.807, 2.05) is 12.4 Å². The van der Waals surface area contributed by atoms with Crippen molar-refractivity contribution in [3.05, 3.63) is 24.0 Å². The maximum Gasteiger partial charge on any atom is 0.0324 e. The molecule has 0 spiro atoms. The second kappa shape index (κ2) is 3.94. The zero-order valence-electron chi connectivity index (χ0n) is 7.79. The molecule has 4 N–H and O–H groups in total. The van der Waals surface area contributed by atoms with E-state index in [-0.39, 0.29) is 6.04 Å². The molecule has 3 heteroatoms. The van der Waals surface area contributed by atoms with Gasteiger partial charge in [0.2, 0.25) is 0 Å². The SMILES string of the molecule is NC(CC1CCCN1)c1cc[nH]c1. The van der Waals surface area contributed by atoms with Crippen LogP contribution in [0.4, 0.5) is 0 Å². The van der Waals surface area contributed by atoms with Crippen LogP contribution in [0, 0.1) is 0 Å². The molecule has 0 radical (unpaired) electrons. The number of rotatable bonds is 3. The average molecular weight is 179 g/mol. The zero-order chi connectivity index (χ0) is 9.10. The molecule has 0 aromatic carbocycles. The molecule has 1 saturated heterocycles. The van der Waals surface area contributed by atoms with Gasteiger partial charge in [0.1, 0.15) is 0 Å². The van der Waals surface area contributed by atoms with Crippen molar-refractivity contribution in [1.82, 2.24) is 10.3 Å². The molecule has 0 aliphatic carbocycles. The normalized spacial score (nSPS) is 24.8. The maximum absolute atomic E-state index is 6.06. The van der Waals surface area contributed by atoms with Gasteiger partial charge in [-0.2, -0.15) is 0 Å². The average Bonchev–Trinajstić information content (AvgIpc) is 2.74. The minimum absolute atomic E-state index is 0.182. The lowest BCUT2D eigenvalue weighted by atomic mass is 10.0. The number of aromatic nitrogens is 1. The van der Waals surface area contributed by atoms with Gasteiger partial charge >= 0.3 is 0 Å². The molecular formula is C10H17N3. The van der Waals surface area contributed by atoms with Crippen molar-refractivity contribution in [2.75, 3.05) is 6.54 Å². The fraction of sp³-hybridized carbons (Fsp3) is 0.600. The molecule has 1 aromatic rings. The van der Waals surface area contributed by atoms with Crippen LogP contribution in [0.3, 0.4) is 0 Å². The first kappa shape index (κ1) is 8.78. The van der Waals surface area contributed by atoms with Gasteiger partial charge in [-0.05, 0) is 37.4 Å². The van der Waals surface area contributed by atoms with Crippen LogP contribution >= 0.6 is 0 Å². The molecule has 2 rings (SSSR count). The second-order valence-corrected chi connectivity index (χ2v) is 3.78. The van der Waals surface area contributed by atoms with Gasteiger partial charge in [0, 0.05) is 24.5 Å². The minimum atomic E-state index is 0.182. The summed E-state index contributed by atoms with van der Waals surface area (Å²) >= 11 is 0. The van der Waals surface area contributed by atoms with Crippen LogP contribution in [-0.4, -0.2) is 17.6 Å². The van der Waals surface area contributed by atoms with Crippen molar-refractivity contribution in [2.45, 2.75) is 31.3 Å². The lowest BCUT2D eigenvalue weighted by Gasteiger charge is -2.15. The van der Waals surface area contributed by atoms with E-state index in [9.17, 15) is 0 Å². The molecular weight excluding hydrogens is 162 g/mol. The van der Waals surface area contributed by atoms with Crippen molar-refractivity contribution >= 4 is 0 Å². The summed E-state index contributed by atoms with van der Waals surface area (Å²) in [5, 5.41) is 3.46. The molecule has 1 aliphatic rings. The Labute approximate surface area is 78.7 Å². The highest BCUT2D eigenvalue weighted by molar-refractivity contribution is 5.13. The summed E-state index contributed by atoms with van der Waals surface area (Å²) < 4.78 is 0. The van der Waals surface area contributed by atoms with Crippen LogP contribution in [0.5, 0.6) is 0 Å². The van der Waals surface area contributed by atoms with Crippen LogP contribution in [0.1, 0.15) is 30.9 Å². The predicted octanol–water partition coefficient (Wildman–Crippen LogP) is 1.16. The number of hydrogen-bond donors (Lipinski definition) is 3. The van der Waals surface area contributed by atoms with Gasteiger partial charge < -0.3 is 16.0 Å². The number of aromatic amines is 1. The Balaban J connectivity index is 1.87. The van der Waals surface area contributed by atoms with Gasteiger partial charge in [-0.25, -0.2) is 0 Å². The Bertz CT molecular complexity index is 237. The maximum atomic E-state index is 6.06. The lowest BCUT2D eigenvalue weighted by molar-refractivity contribution is 0.499. The summed E-state index contributed by atoms with van der Waals surface area (Å²) in [6.45, 7) is 1.16. The van der Waals surface area contributed by atoms with Gasteiger partial charge in [-0.15, -0.1) is 0 Å². The Morgan fingerprint density at radius 3 is 3.15 bits per heavy atom. The van der Waals surface area contributed by atoms with E-state index < -0.39 is 0 Å². The predicted molar refractivity (Wildman–Crippen MR) is 53.4 cm³/mol. The van der Waals surface area contributed by atoms with Gasteiger partial charge in [0.15, 0.2) is 0 Å². The van der Waals surface area contributed by atoms with Crippen LogP contribution < -0.4 is 11.1 Å². The van der Waals surface area contributed by atoms with Crippen molar-refractivity contribution < 1.29 is 0 Å². The molecule has 0 amide bonds. The Hall–Kier alpha value is -0.800. The molecule has 2 unspecified atom stereocenters. The largest absolute Gasteiger partial charge is 0.367 e. The first-order valence-electron chi connectivity index (χ1n) is 4.98. The fourth-order valence-corrected chi connectivity index (χ4v) is 1.97. The van der Waals surface area contributed by atoms with Gasteiger partial charge in [-0.3, -0.25) is 0 Å². The van der Waals surface area contributed by atoms with Crippen molar-refractivity contribution in [3.63, 3.8) is 0 Å². The number of H-pyrrole nitrogens is 1. The smallest absolute Gasteiger partial charge is 0.0324 e. The third-order valence-corrected chi connectivity index (χ3v) is 2.75. The minimum Gasteiger partial charge on any atom is -0.367 e. The number of nitrogens with two attached hydrogens (primary N) is 1. The highest BCUT2D eigenvalue weighted by Crippen LogP contribution is 2.19. The zero-order valence-corrected chi connectivity index (χ0v) is 7.79. The molecule has 0 saturated carbocycles. The molecule has 13 heavy (non-hydrogen) atoms. The van der Waals surface area contributed by atoms with Gasteiger partial charge in [0.25, 0.3) is 0 Å². The Morgan fingerprint density at radius 2 is 2.54 bits per heavy atom. The van der Waals surface area contributed by atoms with Gasteiger partial charge in [-0.1, -0.05) is 0 Å². The molecule has 1 aliphatic heterocycles. The number of nitrogens with one attached hydrogen (secondary N) is 2. The molecule has 1 aromatic heterocycles. The van der Waals surface area contributed by atoms with E-state index in [4.69, 9.17) is 5.73 Å². The summed E-state index contributed by atoms with van der Waals surface area (Å²) in [5.74, 6) is 0. The second-order valence-electron chi connectivity index (χ2n) is 3.78. The van der Waals surface area contributed by atoms with Gasteiger partial charge in [0.05, 0.1) is 0 Å². The highest BCUT2D eigenvalue weighted by atomic mass is 14.9. The monoisotopic (exact) mass is 179 g/mol. The molecule has 0 bridgehead atoms. The first-order chi connectivity index (χ1) is 6.36. The topological polar surface area (TPSA) is 53.8 Å². The van der Waals surface area contributed by atoms with Crippen LogP contribution in [-0.2, 0) is 0 Å². The first-order valence-corrected chi connectivity index (χ1v) is 4.98. The molecule has 72 valence electrons. The van der Waals surface area contributed by atoms with E-state index >= 15 is 0 Å². The third-order valence-electron chi connectivity index (χ3n) is 2.75. The van der Waals surface area contributed by atoms with E-state index in [1.165, 1.54) is 18.4 Å². The van der Waals surface area contributed by atoms with E-state index in [2.05, 4.69) is 16.4 Å². The van der Waals surface area contributed by atoms with Crippen LogP contribution in [0.2, 0.25) is 0 Å². The lowest BCUT2D eigenvalue weighted by Crippen LogP contribution is -2.26. The molecule has 3 nitrogen and oxygen atoms in total. The molecule has 2 atom stereocenters. The standard InChI is InChI=1S/C10H17N3/c11-10(8-3-5-12-7-8)6-9-2-1-4-13-9/h3,5,7,9-10,12-13H,1-2,4,6,11H2. The van der Waals surface area contributed by atoms with Crippen molar-refractivity contribution in [3.8, 4) is 0 Å². The quantitative estimate of drug-likeness (QED) is 0.652. The van der Waals surface area contributed by atoms with Crippen molar-refractivity contribution in [2.24, 2.45) is 5.73 Å². The van der Waals surface area contributed by atoms with Crippen LogP contribution in [0.15, 0.2) is 18.5 Å². The third kappa shape index (κ3) is 2.11. The van der Waals surface area contributed by atoms with Crippen molar-refractivity contribution in [1.29, 1.82) is 0 Å². The fourth-order valence-electron chi connectivity index (χ4n) is 1.97. The summed E-state index contributed by atoms with van der Waals surface area (Å²) in [5.41, 5.74) is 7.28. The Kier molecular flexibility index (Phi) is 2.66. The highest BCUT2D eigenvalue weighted by Gasteiger charge is 2.18. The summed E-state index contributed by atoms with van der Waals surface area (Å²) in [6, 6.07) is 2.87. The van der Waals surface area contributed by atoms with Crippen LogP contribution in [0.25, 0.3) is 0 Å². The summed E-state index contributed by atoms with van der Waals surface area (Å²) in [6.07, 6.45) is 7.54. The summed E-state index contributed by atoms with van der Waals surface area (Å²) in [4.78, 5) is 3.04.